The Labute approximate surface area is 171 Å². The number of aliphatic hydroxyl groups is 1. The lowest BCUT2D eigenvalue weighted by molar-refractivity contribution is -0.151. The van der Waals surface area contributed by atoms with Crippen LogP contribution >= 0.6 is 0 Å². The van der Waals surface area contributed by atoms with Gasteiger partial charge in [-0.15, -0.1) is 0 Å². The number of nitrogens with zero attached hydrogens (tertiary/aromatic N) is 2. The highest BCUT2D eigenvalue weighted by atomic mass is 16.5. The van der Waals surface area contributed by atoms with Crippen LogP contribution in [0.25, 0.3) is 11.1 Å². The zero-order valence-electron chi connectivity index (χ0n) is 16.6. The molecule has 1 aliphatic carbocycles. The molecule has 150 valence electrons. The summed E-state index contributed by atoms with van der Waals surface area (Å²) in [7, 11) is 1.65. The number of methoxy groups -OCH3 is 1. The fourth-order valence-electron chi connectivity index (χ4n) is 4.86. The summed E-state index contributed by atoms with van der Waals surface area (Å²) < 4.78 is 5.45. The highest BCUT2D eigenvalue weighted by molar-refractivity contribution is 5.82. The van der Waals surface area contributed by atoms with Crippen molar-refractivity contribution in [3.63, 3.8) is 0 Å². The topological polar surface area (TPSA) is 73.6 Å². The van der Waals surface area contributed by atoms with Crippen molar-refractivity contribution in [2.24, 2.45) is 5.92 Å². The molecule has 0 spiro atoms. The summed E-state index contributed by atoms with van der Waals surface area (Å²) in [4.78, 5) is 14.5. The van der Waals surface area contributed by atoms with Crippen molar-refractivity contribution < 1.29 is 14.6 Å². The van der Waals surface area contributed by atoms with Crippen molar-refractivity contribution in [2.45, 2.75) is 43.7 Å². The van der Waals surface area contributed by atoms with E-state index in [2.05, 4.69) is 6.07 Å². The molecule has 2 aromatic carbocycles. The van der Waals surface area contributed by atoms with Crippen LogP contribution in [0.1, 0.15) is 37.2 Å². The van der Waals surface area contributed by atoms with Gasteiger partial charge in [-0.05, 0) is 30.0 Å². The number of likely N-dealkylation sites (tertiary alicyclic amines) is 1. The minimum Gasteiger partial charge on any atom is -0.496 e. The molecule has 1 saturated carbocycles. The molecule has 0 aromatic heterocycles. The molecule has 1 heterocycles. The molecule has 29 heavy (non-hydrogen) atoms. The Balaban J connectivity index is 1.57. The zero-order chi connectivity index (χ0) is 20.4. The van der Waals surface area contributed by atoms with E-state index in [0.717, 1.165) is 48.1 Å². The highest BCUT2D eigenvalue weighted by Crippen LogP contribution is 2.43. The van der Waals surface area contributed by atoms with Crippen LogP contribution in [0, 0.1) is 17.2 Å². The summed E-state index contributed by atoms with van der Waals surface area (Å²) >= 11 is 0. The number of ether oxygens (including phenoxy) is 1. The number of amides is 1. The Morgan fingerprint density at radius 1 is 1.17 bits per heavy atom. The first-order valence-corrected chi connectivity index (χ1v) is 10.3. The molecule has 5 heteroatoms. The van der Waals surface area contributed by atoms with E-state index in [1.807, 2.05) is 48.5 Å². The number of carbonyl (C=O) groups is 1. The van der Waals surface area contributed by atoms with Gasteiger partial charge >= 0.3 is 0 Å². The number of nitriles is 1. The van der Waals surface area contributed by atoms with Crippen molar-refractivity contribution in [1.29, 1.82) is 5.26 Å². The number of hydrogen-bond donors (Lipinski definition) is 1. The van der Waals surface area contributed by atoms with Gasteiger partial charge < -0.3 is 14.7 Å². The predicted molar refractivity (Wildman–Crippen MR) is 110 cm³/mol. The van der Waals surface area contributed by atoms with Crippen LogP contribution in [0.4, 0.5) is 0 Å². The third-order valence-electron chi connectivity index (χ3n) is 6.40. The standard InChI is InChI=1S/C24H26N2O3/c1-29-22-9-5-4-8-19(22)16-10-12-17(13-11-16)23-20(14-25)26(21(23)15-27)24(28)18-6-2-3-7-18/h4-5,8-13,18,20-21,23,27H,2-3,6-7,15H2,1H3/t20-,21+,23+/m0/s1. The molecular formula is C24H26N2O3. The van der Waals surface area contributed by atoms with E-state index in [4.69, 9.17) is 4.74 Å². The van der Waals surface area contributed by atoms with Crippen LogP contribution < -0.4 is 4.74 Å². The Morgan fingerprint density at radius 2 is 1.86 bits per heavy atom. The predicted octanol–water partition coefficient (Wildman–Crippen LogP) is 3.73. The van der Waals surface area contributed by atoms with Crippen LogP contribution in [0.5, 0.6) is 5.75 Å². The average molecular weight is 390 g/mol. The van der Waals surface area contributed by atoms with E-state index in [1.165, 1.54) is 0 Å². The second kappa shape index (κ2) is 8.26. The first-order chi connectivity index (χ1) is 14.2. The molecule has 5 nitrogen and oxygen atoms in total. The van der Waals surface area contributed by atoms with Gasteiger partial charge in [0.1, 0.15) is 11.8 Å². The van der Waals surface area contributed by atoms with Gasteiger partial charge in [0.2, 0.25) is 5.91 Å². The zero-order valence-corrected chi connectivity index (χ0v) is 16.6. The quantitative estimate of drug-likeness (QED) is 0.844. The number of carbonyl (C=O) groups excluding carboxylic acids is 1. The lowest BCUT2D eigenvalue weighted by Gasteiger charge is -2.52. The fraction of sp³-hybridized carbons (Fsp3) is 0.417. The molecule has 0 unspecified atom stereocenters. The molecule has 1 amide bonds. The molecule has 0 radical (unpaired) electrons. The Bertz CT molecular complexity index is 912. The third kappa shape index (κ3) is 3.38. The van der Waals surface area contributed by atoms with Gasteiger partial charge in [-0.25, -0.2) is 0 Å². The van der Waals surface area contributed by atoms with Gasteiger partial charge in [0.05, 0.1) is 25.8 Å². The summed E-state index contributed by atoms with van der Waals surface area (Å²) in [5, 5.41) is 19.7. The van der Waals surface area contributed by atoms with Gasteiger partial charge in [0.25, 0.3) is 0 Å². The minimum absolute atomic E-state index is 0.00812. The van der Waals surface area contributed by atoms with E-state index in [0.29, 0.717) is 0 Å². The first kappa shape index (κ1) is 19.5. The number of hydrogen-bond acceptors (Lipinski definition) is 4. The molecule has 2 aromatic rings. The Kier molecular flexibility index (Phi) is 5.55. The summed E-state index contributed by atoms with van der Waals surface area (Å²) in [6.07, 6.45) is 3.92. The van der Waals surface area contributed by atoms with E-state index in [9.17, 15) is 15.2 Å². The lowest BCUT2D eigenvalue weighted by Crippen LogP contribution is -2.66. The minimum atomic E-state index is -0.516. The van der Waals surface area contributed by atoms with Crippen LogP contribution in [-0.2, 0) is 4.79 Å². The third-order valence-corrected chi connectivity index (χ3v) is 6.40. The van der Waals surface area contributed by atoms with Gasteiger partial charge in [0.15, 0.2) is 0 Å². The molecular weight excluding hydrogens is 364 g/mol. The van der Waals surface area contributed by atoms with E-state index in [1.54, 1.807) is 12.0 Å². The summed E-state index contributed by atoms with van der Waals surface area (Å²) in [6, 6.07) is 17.3. The normalized spacial score (nSPS) is 24.0. The summed E-state index contributed by atoms with van der Waals surface area (Å²) in [5.74, 6) is 0.686. The molecule has 1 aliphatic heterocycles. The molecule has 4 rings (SSSR count). The van der Waals surface area contributed by atoms with Crippen molar-refractivity contribution in [2.75, 3.05) is 13.7 Å². The number of aliphatic hydroxyl groups excluding tert-OH is 1. The lowest BCUT2D eigenvalue weighted by atomic mass is 9.74. The van der Waals surface area contributed by atoms with E-state index >= 15 is 0 Å². The van der Waals surface area contributed by atoms with E-state index in [-0.39, 0.29) is 30.4 Å². The highest BCUT2D eigenvalue weighted by Gasteiger charge is 2.52. The Hall–Kier alpha value is -2.84. The largest absolute Gasteiger partial charge is 0.496 e. The van der Waals surface area contributed by atoms with Gasteiger partial charge in [0, 0.05) is 17.4 Å². The molecule has 1 N–H and O–H groups in total. The van der Waals surface area contributed by atoms with Crippen molar-refractivity contribution in [1.82, 2.24) is 4.90 Å². The van der Waals surface area contributed by atoms with Gasteiger partial charge in [-0.3, -0.25) is 4.79 Å². The fourth-order valence-corrected chi connectivity index (χ4v) is 4.86. The smallest absolute Gasteiger partial charge is 0.227 e. The van der Waals surface area contributed by atoms with Crippen LogP contribution in [0.3, 0.4) is 0 Å². The maximum atomic E-state index is 12.9. The van der Waals surface area contributed by atoms with Crippen molar-refractivity contribution in [3.8, 4) is 22.9 Å². The maximum absolute atomic E-state index is 12.9. The maximum Gasteiger partial charge on any atom is 0.227 e. The molecule has 3 atom stereocenters. The average Bonchev–Trinajstić information content (AvgIpc) is 3.29. The molecule has 2 aliphatic rings. The number of benzene rings is 2. The summed E-state index contributed by atoms with van der Waals surface area (Å²) in [6.45, 7) is -0.129. The second-order valence-corrected chi connectivity index (χ2v) is 7.90. The van der Waals surface area contributed by atoms with Gasteiger partial charge in [-0.2, -0.15) is 5.26 Å². The molecule has 0 bridgehead atoms. The Morgan fingerprint density at radius 3 is 2.48 bits per heavy atom. The van der Waals surface area contributed by atoms with Crippen LogP contribution in [0.2, 0.25) is 0 Å². The first-order valence-electron chi connectivity index (χ1n) is 10.3. The second-order valence-electron chi connectivity index (χ2n) is 7.90. The SMILES string of the molecule is COc1ccccc1-c1ccc([C@H]2[C@@H](CO)N(C(=O)C3CCCC3)[C@H]2C#N)cc1. The van der Waals surface area contributed by atoms with Crippen LogP contribution in [-0.4, -0.2) is 41.7 Å². The summed E-state index contributed by atoms with van der Waals surface area (Å²) in [5.41, 5.74) is 3.01. The number of para-hydroxylation sites is 1. The van der Waals surface area contributed by atoms with Crippen molar-refractivity contribution >= 4 is 5.91 Å². The van der Waals surface area contributed by atoms with Gasteiger partial charge in [-0.1, -0.05) is 55.3 Å². The van der Waals surface area contributed by atoms with Crippen molar-refractivity contribution in [3.05, 3.63) is 54.1 Å². The molecule has 1 saturated heterocycles. The number of rotatable bonds is 5. The van der Waals surface area contributed by atoms with Crippen LogP contribution in [0.15, 0.2) is 48.5 Å². The van der Waals surface area contributed by atoms with E-state index < -0.39 is 6.04 Å². The monoisotopic (exact) mass is 390 g/mol. The molecule has 2 fully saturated rings.